The van der Waals surface area contributed by atoms with Crippen LogP contribution in [-0.4, -0.2) is 37.6 Å². The first-order chi connectivity index (χ1) is 11.3. The first kappa shape index (κ1) is 19.8. The quantitative estimate of drug-likeness (QED) is 0.726. The Labute approximate surface area is 143 Å². The van der Waals surface area contributed by atoms with Crippen molar-refractivity contribution in [3.63, 3.8) is 0 Å². The third-order valence-electron chi connectivity index (χ3n) is 2.94. The van der Waals surface area contributed by atoms with E-state index in [9.17, 15) is 9.59 Å². The van der Waals surface area contributed by atoms with Gasteiger partial charge in [0.1, 0.15) is 0 Å². The normalized spacial score (nSPS) is 10.6. The van der Waals surface area contributed by atoms with Crippen LogP contribution in [-0.2, 0) is 4.79 Å². The molecule has 0 heterocycles. The van der Waals surface area contributed by atoms with Crippen molar-refractivity contribution in [2.75, 3.05) is 19.8 Å². The van der Waals surface area contributed by atoms with E-state index >= 15 is 0 Å². The van der Waals surface area contributed by atoms with Crippen LogP contribution in [0.2, 0.25) is 0 Å². The van der Waals surface area contributed by atoms with Gasteiger partial charge in [-0.3, -0.25) is 9.59 Å². The molecule has 0 aliphatic rings. The van der Waals surface area contributed by atoms with Crippen molar-refractivity contribution >= 4 is 11.8 Å². The minimum Gasteiger partial charge on any atom is -0.490 e. The maximum atomic E-state index is 12.2. The van der Waals surface area contributed by atoms with Crippen molar-refractivity contribution < 1.29 is 19.1 Å². The molecule has 1 aromatic rings. The SMILES string of the molecule is CCOc1cc(C(=O)NCC(=O)NC(C)C)ccc1OCC(C)C. The lowest BCUT2D eigenvalue weighted by molar-refractivity contribution is -0.120. The molecule has 0 radical (unpaired) electrons. The number of amides is 2. The van der Waals surface area contributed by atoms with Gasteiger partial charge in [-0.25, -0.2) is 0 Å². The fraction of sp³-hybridized carbons (Fsp3) is 0.556. The fourth-order valence-corrected chi connectivity index (χ4v) is 1.93. The summed E-state index contributed by atoms with van der Waals surface area (Å²) in [7, 11) is 0. The molecular weight excluding hydrogens is 308 g/mol. The van der Waals surface area contributed by atoms with Gasteiger partial charge in [0.15, 0.2) is 11.5 Å². The number of hydrogen-bond donors (Lipinski definition) is 2. The smallest absolute Gasteiger partial charge is 0.251 e. The van der Waals surface area contributed by atoms with Gasteiger partial charge in [0.25, 0.3) is 5.91 Å². The number of rotatable bonds is 9. The topological polar surface area (TPSA) is 76.7 Å². The number of carbonyl (C=O) groups excluding carboxylic acids is 2. The highest BCUT2D eigenvalue weighted by Crippen LogP contribution is 2.29. The Bertz CT molecular complexity index is 556. The molecule has 0 saturated carbocycles. The molecule has 2 N–H and O–H groups in total. The average Bonchev–Trinajstić information content (AvgIpc) is 2.50. The summed E-state index contributed by atoms with van der Waals surface area (Å²) >= 11 is 0. The summed E-state index contributed by atoms with van der Waals surface area (Å²) in [5.41, 5.74) is 0.424. The molecule has 134 valence electrons. The second-order valence-electron chi connectivity index (χ2n) is 6.20. The summed E-state index contributed by atoms with van der Waals surface area (Å²) in [6, 6.07) is 5.05. The van der Waals surface area contributed by atoms with Gasteiger partial charge in [0, 0.05) is 11.6 Å². The molecule has 1 rings (SSSR count). The predicted molar refractivity (Wildman–Crippen MR) is 93.6 cm³/mol. The van der Waals surface area contributed by atoms with Crippen LogP contribution in [0.25, 0.3) is 0 Å². The Morgan fingerprint density at radius 2 is 1.79 bits per heavy atom. The highest BCUT2D eigenvalue weighted by Gasteiger charge is 2.13. The van der Waals surface area contributed by atoms with Crippen molar-refractivity contribution in [1.29, 1.82) is 0 Å². The lowest BCUT2D eigenvalue weighted by Crippen LogP contribution is -2.39. The zero-order valence-electron chi connectivity index (χ0n) is 15.1. The molecule has 0 spiro atoms. The molecule has 0 unspecified atom stereocenters. The number of carbonyl (C=O) groups is 2. The summed E-state index contributed by atoms with van der Waals surface area (Å²) in [6.45, 7) is 10.7. The van der Waals surface area contributed by atoms with Gasteiger partial charge < -0.3 is 20.1 Å². The molecule has 0 bridgehead atoms. The Hall–Kier alpha value is -2.24. The van der Waals surface area contributed by atoms with Crippen molar-refractivity contribution in [3.05, 3.63) is 23.8 Å². The Kier molecular flexibility index (Phi) is 8.09. The van der Waals surface area contributed by atoms with E-state index in [2.05, 4.69) is 24.5 Å². The first-order valence-electron chi connectivity index (χ1n) is 8.30. The van der Waals surface area contributed by atoms with Crippen LogP contribution in [0.1, 0.15) is 45.0 Å². The molecule has 0 fully saturated rings. The zero-order chi connectivity index (χ0) is 18.1. The van der Waals surface area contributed by atoms with Gasteiger partial charge in [0.05, 0.1) is 19.8 Å². The molecule has 1 aromatic carbocycles. The van der Waals surface area contributed by atoms with E-state index in [-0.39, 0.29) is 24.4 Å². The lowest BCUT2D eigenvalue weighted by Gasteiger charge is -2.15. The van der Waals surface area contributed by atoms with Crippen LogP contribution < -0.4 is 20.1 Å². The monoisotopic (exact) mass is 336 g/mol. The Morgan fingerprint density at radius 1 is 1.08 bits per heavy atom. The highest BCUT2D eigenvalue weighted by molar-refractivity contribution is 5.97. The number of hydrogen-bond acceptors (Lipinski definition) is 4. The van der Waals surface area contributed by atoms with Gasteiger partial charge in [-0.1, -0.05) is 13.8 Å². The Balaban J connectivity index is 2.75. The van der Waals surface area contributed by atoms with E-state index in [1.165, 1.54) is 0 Å². The second-order valence-corrected chi connectivity index (χ2v) is 6.20. The van der Waals surface area contributed by atoms with Crippen LogP contribution >= 0.6 is 0 Å². The van der Waals surface area contributed by atoms with Crippen molar-refractivity contribution in [2.24, 2.45) is 5.92 Å². The number of ether oxygens (including phenoxy) is 2. The molecule has 24 heavy (non-hydrogen) atoms. The van der Waals surface area contributed by atoms with E-state index in [4.69, 9.17) is 9.47 Å². The van der Waals surface area contributed by atoms with Gasteiger partial charge in [-0.15, -0.1) is 0 Å². The van der Waals surface area contributed by atoms with E-state index in [1.54, 1.807) is 18.2 Å². The summed E-state index contributed by atoms with van der Waals surface area (Å²) in [5, 5.41) is 5.32. The molecule has 2 amide bonds. The maximum absolute atomic E-state index is 12.2. The summed E-state index contributed by atoms with van der Waals surface area (Å²) in [6.07, 6.45) is 0. The molecule has 6 heteroatoms. The van der Waals surface area contributed by atoms with Crippen molar-refractivity contribution in [2.45, 2.75) is 40.7 Å². The van der Waals surface area contributed by atoms with Crippen LogP contribution in [0.15, 0.2) is 18.2 Å². The predicted octanol–water partition coefficient (Wildman–Crippen LogP) is 2.37. The minimum absolute atomic E-state index is 0.0383. The maximum Gasteiger partial charge on any atom is 0.251 e. The van der Waals surface area contributed by atoms with Crippen LogP contribution in [0, 0.1) is 5.92 Å². The van der Waals surface area contributed by atoms with Gasteiger partial charge in [-0.2, -0.15) is 0 Å². The summed E-state index contributed by atoms with van der Waals surface area (Å²) in [4.78, 5) is 23.8. The van der Waals surface area contributed by atoms with Crippen molar-refractivity contribution in [3.8, 4) is 11.5 Å². The van der Waals surface area contributed by atoms with E-state index in [0.29, 0.717) is 36.2 Å². The molecule has 0 aliphatic heterocycles. The summed E-state index contributed by atoms with van der Waals surface area (Å²) < 4.78 is 11.3. The molecule has 0 aliphatic carbocycles. The summed E-state index contributed by atoms with van der Waals surface area (Å²) in [5.74, 6) is 0.976. The van der Waals surface area contributed by atoms with Crippen LogP contribution in [0.5, 0.6) is 11.5 Å². The van der Waals surface area contributed by atoms with Gasteiger partial charge in [0.2, 0.25) is 5.91 Å². The molecular formula is C18H28N2O4. The molecule has 0 atom stereocenters. The standard InChI is InChI=1S/C18H28N2O4/c1-6-23-16-9-14(7-8-15(16)24-11-12(2)3)18(22)19-10-17(21)20-13(4)5/h7-9,12-13H,6,10-11H2,1-5H3,(H,19,22)(H,20,21). The third kappa shape index (κ3) is 6.89. The van der Waals surface area contributed by atoms with Gasteiger partial charge >= 0.3 is 0 Å². The first-order valence-corrected chi connectivity index (χ1v) is 8.30. The Morgan fingerprint density at radius 3 is 2.38 bits per heavy atom. The molecule has 0 aromatic heterocycles. The minimum atomic E-state index is -0.328. The average molecular weight is 336 g/mol. The van der Waals surface area contributed by atoms with Gasteiger partial charge in [-0.05, 0) is 44.9 Å². The second kappa shape index (κ2) is 9.80. The zero-order valence-corrected chi connectivity index (χ0v) is 15.1. The van der Waals surface area contributed by atoms with E-state index < -0.39 is 0 Å². The fourth-order valence-electron chi connectivity index (χ4n) is 1.93. The lowest BCUT2D eigenvalue weighted by atomic mass is 10.2. The van der Waals surface area contributed by atoms with E-state index in [1.807, 2.05) is 20.8 Å². The largest absolute Gasteiger partial charge is 0.490 e. The van der Waals surface area contributed by atoms with Crippen LogP contribution in [0.3, 0.4) is 0 Å². The highest BCUT2D eigenvalue weighted by atomic mass is 16.5. The van der Waals surface area contributed by atoms with Crippen molar-refractivity contribution in [1.82, 2.24) is 10.6 Å². The molecule has 6 nitrogen and oxygen atoms in total. The molecule has 0 saturated heterocycles. The van der Waals surface area contributed by atoms with E-state index in [0.717, 1.165) is 0 Å². The number of benzene rings is 1. The third-order valence-corrected chi connectivity index (χ3v) is 2.94. The number of nitrogens with one attached hydrogen (secondary N) is 2. The van der Waals surface area contributed by atoms with Crippen LogP contribution in [0.4, 0.5) is 0 Å².